The second-order valence-corrected chi connectivity index (χ2v) is 11.1. The lowest BCUT2D eigenvalue weighted by atomic mass is 10.1. The summed E-state index contributed by atoms with van der Waals surface area (Å²) < 4.78 is 41.1. The number of para-hydroxylation sites is 1. The number of alkyl halides is 3. The molecule has 0 N–H and O–H groups in total. The quantitative estimate of drug-likeness (QED) is 0.311. The Bertz CT molecular complexity index is 1550. The molecule has 210 valence electrons. The van der Waals surface area contributed by atoms with Gasteiger partial charge in [-0.25, -0.2) is 9.78 Å². The van der Waals surface area contributed by atoms with Gasteiger partial charge in [0.05, 0.1) is 29.4 Å². The van der Waals surface area contributed by atoms with Crippen LogP contribution in [-0.4, -0.2) is 54.9 Å². The van der Waals surface area contributed by atoms with E-state index in [9.17, 15) is 22.8 Å². The molecule has 1 saturated heterocycles. The van der Waals surface area contributed by atoms with Crippen LogP contribution in [-0.2, 0) is 23.6 Å². The van der Waals surface area contributed by atoms with Gasteiger partial charge in [-0.1, -0.05) is 42.5 Å². The van der Waals surface area contributed by atoms with Crippen molar-refractivity contribution in [3.63, 3.8) is 0 Å². The number of rotatable bonds is 8. The highest BCUT2D eigenvalue weighted by atomic mass is 32.2. The fraction of sp³-hybridized carbons (Fsp3) is 0.357. The molecular weight excluding hydrogens is 543 g/mol. The first kappa shape index (κ1) is 27.9. The molecular formula is C28H28F3N5O3S. The van der Waals surface area contributed by atoms with Gasteiger partial charge in [0.2, 0.25) is 0 Å². The minimum Gasteiger partial charge on any atom is -0.323 e. The molecule has 5 rings (SSSR count). The summed E-state index contributed by atoms with van der Waals surface area (Å²) in [5, 5.41) is 4.78. The van der Waals surface area contributed by atoms with Gasteiger partial charge < -0.3 is 4.84 Å². The van der Waals surface area contributed by atoms with Crippen LogP contribution in [0.3, 0.4) is 0 Å². The highest BCUT2D eigenvalue weighted by Crippen LogP contribution is 2.27. The van der Waals surface area contributed by atoms with E-state index in [-0.39, 0.29) is 22.2 Å². The normalized spacial score (nSPS) is 15.0. The summed E-state index contributed by atoms with van der Waals surface area (Å²) in [6.07, 6.45) is 0.432. The third-order valence-electron chi connectivity index (χ3n) is 6.80. The Hall–Kier alpha value is -3.64. The number of halogens is 3. The van der Waals surface area contributed by atoms with Gasteiger partial charge in [0.25, 0.3) is 5.56 Å². The van der Waals surface area contributed by atoms with E-state index in [1.807, 2.05) is 29.1 Å². The van der Waals surface area contributed by atoms with Gasteiger partial charge in [-0.3, -0.25) is 14.4 Å². The zero-order chi connectivity index (χ0) is 28.3. The molecule has 0 saturated carbocycles. The van der Waals surface area contributed by atoms with E-state index in [0.29, 0.717) is 22.4 Å². The molecule has 1 fully saturated rings. The van der Waals surface area contributed by atoms with Crippen LogP contribution in [0, 0.1) is 6.92 Å². The fourth-order valence-electron chi connectivity index (χ4n) is 4.73. The van der Waals surface area contributed by atoms with Crippen LogP contribution in [0.2, 0.25) is 0 Å². The van der Waals surface area contributed by atoms with Crippen LogP contribution in [0.1, 0.15) is 35.4 Å². The molecule has 1 aliphatic heterocycles. The lowest BCUT2D eigenvalue weighted by molar-refractivity contribution is -0.200. The SMILES string of the molecule is Cc1cccc2c(=O)n(OC(=O)C(F)(F)F)c(CSC3CCN(Cc4cnn(Cc5ccccc5)c4)CC3)nc12. The molecule has 40 heavy (non-hydrogen) atoms. The second-order valence-electron chi connectivity index (χ2n) is 9.79. The molecule has 0 aliphatic carbocycles. The van der Waals surface area contributed by atoms with Crippen LogP contribution < -0.4 is 10.4 Å². The maximum Gasteiger partial charge on any atom is 0.493 e. The topological polar surface area (TPSA) is 82.3 Å². The average Bonchev–Trinajstić information content (AvgIpc) is 3.37. The smallest absolute Gasteiger partial charge is 0.323 e. The zero-order valence-electron chi connectivity index (χ0n) is 21.8. The summed E-state index contributed by atoms with van der Waals surface area (Å²) in [4.78, 5) is 35.8. The number of fused-ring (bicyclic) bond motifs is 1. The third kappa shape index (κ3) is 6.56. The Kier molecular flexibility index (Phi) is 8.27. The van der Waals surface area contributed by atoms with Crippen molar-refractivity contribution in [1.82, 2.24) is 24.4 Å². The first-order valence-electron chi connectivity index (χ1n) is 12.9. The number of aromatic nitrogens is 4. The largest absolute Gasteiger partial charge is 0.493 e. The molecule has 3 heterocycles. The average molecular weight is 572 g/mol. The standard InChI is InChI=1S/C28H28F3N5O3S/c1-19-6-5-9-23-25(19)33-24(36(26(23)37)39-27(38)28(29,30)31)18-40-22-10-12-34(13-11-22)15-21-14-32-35(17-21)16-20-7-3-2-4-8-20/h2-9,14,17,22H,10-13,15-16,18H2,1H3. The van der Waals surface area contributed by atoms with E-state index >= 15 is 0 Å². The molecule has 2 aromatic heterocycles. The van der Waals surface area contributed by atoms with E-state index < -0.39 is 17.7 Å². The van der Waals surface area contributed by atoms with Crippen LogP contribution in [0.4, 0.5) is 13.2 Å². The van der Waals surface area contributed by atoms with Gasteiger partial charge in [0, 0.05) is 23.6 Å². The van der Waals surface area contributed by atoms with Gasteiger partial charge in [0.1, 0.15) is 0 Å². The lowest BCUT2D eigenvalue weighted by Crippen LogP contribution is -2.40. The highest BCUT2D eigenvalue weighted by Gasteiger charge is 2.42. The minimum atomic E-state index is -5.24. The van der Waals surface area contributed by atoms with Crippen molar-refractivity contribution in [2.45, 2.75) is 50.0 Å². The van der Waals surface area contributed by atoms with Crippen molar-refractivity contribution < 1.29 is 22.8 Å². The highest BCUT2D eigenvalue weighted by molar-refractivity contribution is 7.99. The van der Waals surface area contributed by atoms with Crippen molar-refractivity contribution in [2.24, 2.45) is 0 Å². The summed E-state index contributed by atoms with van der Waals surface area (Å²) in [5.74, 6) is -2.36. The number of carbonyl (C=O) groups excluding carboxylic acids is 1. The van der Waals surface area contributed by atoms with Crippen LogP contribution in [0.25, 0.3) is 10.9 Å². The molecule has 0 amide bonds. The Balaban J connectivity index is 1.21. The molecule has 4 aromatic rings. The van der Waals surface area contributed by atoms with Gasteiger partial charge in [-0.15, -0.1) is 4.73 Å². The molecule has 0 radical (unpaired) electrons. The van der Waals surface area contributed by atoms with Crippen molar-refractivity contribution in [1.29, 1.82) is 0 Å². The Morgan fingerprint density at radius 2 is 1.80 bits per heavy atom. The van der Waals surface area contributed by atoms with Gasteiger partial charge in [-0.05, 0) is 50.0 Å². The number of carbonyl (C=O) groups is 1. The molecule has 0 bridgehead atoms. The third-order valence-corrected chi connectivity index (χ3v) is 8.16. The van der Waals surface area contributed by atoms with Gasteiger partial charge in [-0.2, -0.15) is 30.0 Å². The fourth-order valence-corrected chi connectivity index (χ4v) is 5.84. The second kappa shape index (κ2) is 11.8. The number of hydrogen-bond donors (Lipinski definition) is 0. The summed E-state index contributed by atoms with van der Waals surface area (Å²) in [7, 11) is 0. The van der Waals surface area contributed by atoms with E-state index in [2.05, 4.69) is 38.1 Å². The summed E-state index contributed by atoms with van der Waals surface area (Å²) >= 11 is 1.50. The van der Waals surface area contributed by atoms with Gasteiger partial charge >= 0.3 is 12.1 Å². The molecule has 12 heteroatoms. The number of aryl methyl sites for hydroxylation is 1. The number of likely N-dealkylation sites (tertiary alicyclic amines) is 1. The molecule has 0 unspecified atom stereocenters. The maximum atomic E-state index is 13.0. The predicted molar refractivity (Wildman–Crippen MR) is 146 cm³/mol. The molecule has 0 spiro atoms. The molecule has 8 nitrogen and oxygen atoms in total. The Morgan fingerprint density at radius 1 is 1.05 bits per heavy atom. The number of piperidine rings is 1. The summed E-state index contributed by atoms with van der Waals surface area (Å²) in [5.41, 5.74) is 2.56. The van der Waals surface area contributed by atoms with E-state index in [1.54, 1.807) is 19.1 Å². The summed E-state index contributed by atoms with van der Waals surface area (Å²) in [6.45, 7) is 4.96. The van der Waals surface area contributed by atoms with E-state index in [4.69, 9.17) is 0 Å². The van der Waals surface area contributed by atoms with Crippen molar-refractivity contribution in [2.75, 3.05) is 13.1 Å². The predicted octanol–water partition coefficient (Wildman–Crippen LogP) is 4.37. The van der Waals surface area contributed by atoms with Crippen LogP contribution in [0.15, 0.2) is 65.7 Å². The monoisotopic (exact) mass is 571 g/mol. The molecule has 0 atom stereocenters. The molecule has 1 aliphatic rings. The van der Waals surface area contributed by atoms with E-state index in [0.717, 1.165) is 38.0 Å². The van der Waals surface area contributed by atoms with Crippen LogP contribution >= 0.6 is 11.8 Å². The zero-order valence-corrected chi connectivity index (χ0v) is 22.6. The first-order chi connectivity index (χ1) is 19.2. The first-order valence-corrected chi connectivity index (χ1v) is 13.9. The minimum absolute atomic E-state index is 0.0253. The van der Waals surface area contributed by atoms with Crippen molar-refractivity contribution in [3.05, 3.63) is 93.8 Å². The molecule has 2 aromatic carbocycles. The van der Waals surface area contributed by atoms with Crippen LogP contribution in [0.5, 0.6) is 0 Å². The summed E-state index contributed by atoms with van der Waals surface area (Å²) in [6, 6.07) is 15.0. The Labute approximate surface area is 232 Å². The lowest BCUT2D eigenvalue weighted by Gasteiger charge is -2.31. The number of benzene rings is 2. The Morgan fingerprint density at radius 3 is 2.52 bits per heavy atom. The number of thioether (sulfide) groups is 1. The van der Waals surface area contributed by atoms with Crippen molar-refractivity contribution in [3.8, 4) is 0 Å². The van der Waals surface area contributed by atoms with E-state index in [1.165, 1.54) is 23.4 Å². The number of nitrogens with zero attached hydrogens (tertiary/aromatic N) is 5. The van der Waals surface area contributed by atoms with Crippen molar-refractivity contribution >= 4 is 28.6 Å². The maximum absolute atomic E-state index is 13.0. The number of hydrogen-bond acceptors (Lipinski definition) is 7. The van der Waals surface area contributed by atoms with Gasteiger partial charge in [0.15, 0.2) is 5.82 Å².